The van der Waals surface area contributed by atoms with Gasteiger partial charge in [-0.3, -0.25) is 4.72 Å². The SMILES string of the molecule is COc1ccc(C)cc1NS(=O)(=O)c1cc(N)cc(F)c1. The molecule has 0 saturated carbocycles. The number of halogens is 1. The molecule has 0 unspecified atom stereocenters. The third kappa shape index (κ3) is 3.43. The Balaban J connectivity index is 2.44. The van der Waals surface area contributed by atoms with E-state index in [-0.39, 0.29) is 16.3 Å². The maximum atomic E-state index is 13.3. The topological polar surface area (TPSA) is 81.4 Å². The molecule has 0 atom stereocenters. The highest BCUT2D eigenvalue weighted by Crippen LogP contribution is 2.28. The number of ether oxygens (including phenoxy) is 1. The van der Waals surface area contributed by atoms with Crippen molar-refractivity contribution in [3.8, 4) is 5.75 Å². The van der Waals surface area contributed by atoms with Gasteiger partial charge in [-0.1, -0.05) is 6.07 Å². The minimum absolute atomic E-state index is 0.0339. The van der Waals surface area contributed by atoms with Gasteiger partial charge in [0.25, 0.3) is 10.0 Å². The number of hydrogen-bond donors (Lipinski definition) is 2. The molecule has 0 heterocycles. The Hall–Kier alpha value is -2.28. The van der Waals surface area contributed by atoms with E-state index in [2.05, 4.69) is 4.72 Å². The normalized spacial score (nSPS) is 11.2. The Morgan fingerprint density at radius 1 is 1.19 bits per heavy atom. The lowest BCUT2D eigenvalue weighted by atomic mass is 10.2. The van der Waals surface area contributed by atoms with Crippen LogP contribution in [0.25, 0.3) is 0 Å². The Labute approximate surface area is 122 Å². The number of nitrogens with one attached hydrogen (secondary N) is 1. The lowest BCUT2D eigenvalue weighted by Crippen LogP contribution is -2.14. The first-order valence-corrected chi connectivity index (χ1v) is 7.53. The first-order valence-electron chi connectivity index (χ1n) is 6.05. The van der Waals surface area contributed by atoms with Gasteiger partial charge >= 0.3 is 0 Å². The molecule has 0 bridgehead atoms. The average Bonchev–Trinajstić information content (AvgIpc) is 2.37. The van der Waals surface area contributed by atoms with Crippen LogP contribution in [0.5, 0.6) is 5.75 Å². The second-order valence-corrected chi connectivity index (χ2v) is 6.21. The van der Waals surface area contributed by atoms with Crippen molar-refractivity contribution in [3.63, 3.8) is 0 Å². The van der Waals surface area contributed by atoms with Gasteiger partial charge in [-0.15, -0.1) is 0 Å². The molecule has 0 aliphatic heterocycles. The first kappa shape index (κ1) is 15.1. The first-order chi connectivity index (χ1) is 9.81. The van der Waals surface area contributed by atoms with Crippen molar-refractivity contribution in [1.82, 2.24) is 0 Å². The van der Waals surface area contributed by atoms with Gasteiger partial charge in [0, 0.05) is 5.69 Å². The quantitative estimate of drug-likeness (QED) is 0.850. The minimum Gasteiger partial charge on any atom is -0.495 e. The fourth-order valence-corrected chi connectivity index (χ4v) is 2.97. The zero-order valence-corrected chi connectivity index (χ0v) is 12.4. The summed E-state index contributed by atoms with van der Waals surface area (Å²) in [4.78, 5) is -0.247. The van der Waals surface area contributed by atoms with Crippen molar-refractivity contribution < 1.29 is 17.5 Å². The van der Waals surface area contributed by atoms with Crippen LogP contribution in [0.2, 0.25) is 0 Å². The molecular weight excluding hydrogens is 295 g/mol. The summed E-state index contributed by atoms with van der Waals surface area (Å²) in [5.41, 5.74) is 6.64. The maximum Gasteiger partial charge on any atom is 0.262 e. The fourth-order valence-electron chi connectivity index (χ4n) is 1.84. The molecule has 0 radical (unpaired) electrons. The monoisotopic (exact) mass is 310 g/mol. The number of hydrogen-bond acceptors (Lipinski definition) is 4. The van der Waals surface area contributed by atoms with Crippen LogP contribution in [0.1, 0.15) is 5.56 Å². The zero-order chi connectivity index (χ0) is 15.6. The van der Waals surface area contributed by atoms with Crippen LogP contribution in [0.4, 0.5) is 15.8 Å². The Bertz CT molecular complexity index is 756. The molecule has 2 aromatic carbocycles. The maximum absolute atomic E-state index is 13.3. The summed E-state index contributed by atoms with van der Waals surface area (Å²) in [6, 6.07) is 8.20. The molecule has 3 N–H and O–H groups in total. The van der Waals surface area contributed by atoms with Crippen molar-refractivity contribution in [2.45, 2.75) is 11.8 Å². The Morgan fingerprint density at radius 2 is 1.90 bits per heavy atom. The zero-order valence-electron chi connectivity index (χ0n) is 11.6. The molecule has 0 aliphatic carbocycles. The molecule has 2 aromatic rings. The van der Waals surface area contributed by atoms with Crippen molar-refractivity contribution in [2.24, 2.45) is 0 Å². The van der Waals surface area contributed by atoms with Gasteiger partial charge in [0.2, 0.25) is 0 Å². The van der Waals surface area contributed by atoms with Crippen molar-refractivity contribution in [3.05, 3.63) is 47.8 Å². The summed E-state index contributed by atoms with van der Waals surface area (Å²) in [6.45, 7) is 1.82. The second-order valence-electron chi connectivity index (χ2n) is 4.53. The summed E-state index contributed by atoms with van der Waals surface area (Å²) >= 11 is 0. The van der Waals surface area contributed by atoms with E-state index in [4.69, 9.17) is 10.5 Å². The van der Waals surface area contributed by atoms with Crippen LogP contribution in [-0.4, -0.2) is 15.5 Å². The minimum atomic E-state index is -3.96. The van der Waals surface area contributed by atoms with E-state index in [1.165, 1.54) is 13.2 Å². The van der Waals surface area contributed by atoms with Crippen LogP contribution in [0.15, 0.2) is 41.3 Å². The number of methoxy groups -OCH3 is 1. The van der Waals surface area contributed by atoms with Crippen molar-refractivity contribution in [1.29, 1.82) is 0 Å². The molecule has 7 heteroatoms. The summed E-state index contributed by atoms with van der Waals surface area (Å²) in [6.07, 6.45) is 0. The molecular formula is C14H15FN2O3S. The van der Waals surface area contributed by atoms with Crippen LogP contribution in [0.3, 0.4) is 0 Å². The molecule has 0 aliphatic rings. The summed E-state index contributed by atoms with van der Waals surface area (Å²) in [5.74, 6) is -0.347. The van der Waals surface area contributed by atoms with Gasteiger partial charge in [0.15, 0.2) is 0 Å². The van der Waals surface area contributed by atoms with Crippen LogP contribution in [-0.2, 0) is 10.0 Å². The standard InChI is InChI=1S/C14H15FN2O3S/c1-9-3-4-14(20-2)13(5-9)17-21(18,19)12-7-10(15)6-11(16)8-12/h3-8,17H,16H2,1-2H3. The number of rotatable bonds is 4. The van der Waals surface area contributed by atoms with Crippen LogP contribution >= 0.6 is 0 Å². The summed E-state index contributed by atoms with van der Waals surface area (Å²) in [7, 11) is -2.52. The van der Waals surface area contributed by atoms with E-state index in [9.17, 15) is 12.8 Å². The lowest BCUT2D eigenvalue weighted by Gasteiger charge is -2.13. The second kappa shape index (κ2) is 5.61. The molecule has 2 rings (SSSR count). The molecule has 112 valence electrons. The average molecular weight is 310 g/mol. The Kier molecular flexibility index (Phi) is 4.04. The highest BCUT2D eigenvalue weighted by atomic mass is 32.2. The van der Waals surface area contributed by atoms with Gasteiger partial charge in [-0.05, 0) is 42.8 Å². The molecule has 0 saturated heterocycles. The van der Waals surface area contributed by atoms with E-state index >= 15 is 0 Å². The highest BCUT2D eigenvalue weighted by Gasteiger charge is 2.18. The summed E-state index contributed by atoms with van der Waals surface area (Å²) < 4.78 is 45.4. The van der Waals surface area contributed by atoms with Gasteiger partial charge in [-0.2, -0.15) is 0 Å². The number of nitrogen functional groups attached to an aromatic ring is 1. The molecule has 0 aromatic heterocycles. The van der Waals surface area contributed by atoms with Gasteiger partial charge in [-0.25, -0.2) is 12.8 Å². The van der Waals surface area contributed by atoms with Gasteiger partial charge < -0.3 is 10.5 Å². The van der Waals surface area contributed by atoms with Gasteiger partial charge in [0.05, 0.1) is 17.7 Å². The smallest absolute Gasteiger partial charge is 0.262 e. The number of benzene rings is 2. The summed E-state index contributed by atoms with van der Waals surface area (Å²) in [5, 5.41) is 0. The largest absolute Gasteiger partial charge is 0.495 e. The lowest BCUT2D eigenvalue weighted by molar-refractivity contribution is 0.417. The van der Waals surface area contributed by atoms with Gasteiger partial charge in [0.1, 0.15) is 11.6 Å². The number of sulfonamides is 1. The van der Waals surface area contributed by atoms with E-state index in [0.29, 0.717) is 5.75 Å². The predicted molar refractivity (Wildman–Crippen MR) is 79.4 cm³/mol. The van der Waals surface area contributed by atoms with Crippen LogP contribution in [0, 0.1) is 12.7 Å². The van der Waals surface area contributed by atoms with E-state index in [0.717, 1.165) is 17.7 Å². The molecule has 21 heavy (non-hydrogen) atoms. The predicted octanol–water partition coefficient (Wildman–Crippen LogP) is 2.53. The van der Waals surface area contributed by atoms with Crippen molar-refractivity contribution >= 4 is 21.4 Å². The molecule has 0 amide bonds. The van der Waals surface area contributed by atoms with E-state index in [1.807, 2.05) is 6.92 Å². The fraction of sp³-hybridized carbons (Fsp3) is 0.143. The molecule has 0 fully saturated rings. The number of aryl methyl sites for hydroxylation is 1. The third-order valence-corrected chi connectivity index (χ3v) is 4.15. The molecule has 0 spiro atoms. The van der Waals surface area contributed by atoms with Crippen LogP contribution < -0.4 is 15.2 Å². The number of nitrogens with two attached hydrogens (primary N) is 1. The highest BCUT2D eigenvalue weighted by molar-refractivity contribution is 7.92. The third-order valence-electron chi connectivity index (χ3n) is 2.80. The van der Waals surface area contributed by atoms with E-state index < -0.39 is 15.8 Å². The Morgan fingerprint density at radius 3 is 2.52 bits per heavy atom. The molecule has 5 nitrogen and oxygen atoms in total. The number of anilines is 2. The van der Waals surface area contributed by atoms with Crippen molar-refractivity contribution in [2.75, 3.05) is 17.6 Å². The van der Waals surface area contributed by atoms with E-state index in [1.54, 1.807) is 18.2 Å².